The first-order valence-corrected chi connectivity index (χ1v) is 9.20. The Morgan fingerprint density at radius 3 is 2.36 bits per heavy atom. The van der Waals surface area contributed by atoms with Crippen molar-refractivity contribution in [2.45, 2.75) is 56.5 Å². The first-order valence-electron chi connectivity index (χ1n) is 9.20. The van der Waals surface area contributed by atoms with Crippen LogP contribution in [-0.4, -0.2) is 61.1 Å². The molecule has 0 aromatic rings. The number of likely N-dealkylation sites (tertiary alicyclic amines) is 2. The van der Waals surface area contributed by atoms with Crippen molar-refractivity contribution in [3.05, 3.63) is 0 Å². The lowest BCUT2D eigenvalue weighted by molar-refractivity contribution is -0.143. The zero-order valence-corrected chi connectivity index (χ0v) is 14.1. The summed E-state index contributed by atoms with van der Waals surface area (Å²) in [5.74, 6) is 2.33. The van der Waals surface area contributed by atoms with Crippen molar-refractivity contribution >= 4 is 5.97 Å². The van der Waals surface area contributed by atoms with Gasteiger partial charge in [-0.1, -0.05) is 0 Å². The van der Waals surface area contributed by atoms with E-state index in [-0.39, 0.29) is 5.97 Å². The molecule has 2 aliphatic heterocycles. The predicted octanol–water partition coefficient (Wildman–Crippen LogP) is 2.13. The molecule has 0 bridgehead atoms. The Labute approximate surface area is 134 Å². The summed E-state index contributed by atoms with van der Waals surface area (Å²) in [6, 6.07) is 0.752. The number of methoxy groups -OCH3 is 1. The zero-order chi connectivity index (χ0) is 15.3. The van der Waals surface area contributed by atoms with Gasteiger partial charge in [-0.3, -0.25) is 9.69 Å². The van der Waals surface area contributed by atoms with Crippen molar-refractivity contribution in [3.63, 3.8) is 0 Å². The highest BCUT2D eigenvalue weighted by molar-refractivity contribution is 5.70. The Morgan fingerprint density at radius 2 is 1.77 bits per heavy atom. The van der Waals surface area contributed by atoms with Crippen molar-refractivity contribution < 1.29 is 9.53 Å². The molecule has 0 N–H and O–H groups in total. The van der Waals surface area contributed by atoms with Gasteiger partial charge in [0.1, 0.15) is 0 Å². The third-order valence-corrected chi connectivity index (χ3v) is 7.23. The number of fused-ring (bicyclic) bond motifs is 3. The molecule has 0 aromatic heterocycles. The second kappa shape index (κ2) is 5.48. The number of piperidine rings is 2. The Morgan fingerprint density at radius 1 is 1.09 bits per heavy atom. The molecule has 2 saturated heterocycles. The number of hydrogen-bond acceptors (Lipinski definition) is 4. The van der Waals surface area contributed by atoms with Crippen LogP contribution in [-0.2, 0) is 9.53 Å². The molecular weight excluding hydrogens is 276 g/mol. The van der Waals surface area contributed by atoms with Crippen LogP contribution in [0.3, 0.4) is 0 Å². The highest BCUT2D eigenvalue weighted by Crippen LogP contribution is 2.72. The third kappa shape index (κ3) is 2.06. The number of esters is 1. The van der Waals surface area contributed by atoms with Crippen LogP contribution in [0.15, 0.2) is 0 Å². The summed E-state index contributed by atoms with van der Waals surface area (Å²) < 4.78 is 5.00. The van der Waals surface area contributed by atoms with Gasteiger partial charge in [-0.05, 0) is 83.0 Å². The van der Waals surface area contributed by atoms with Crippen molar-refractivity contribution in [1.82, 2.24) is 9.80 Å². The molecule has 4 aliphatic rings. The largest absolute Gasteiger partial charge is 0.469 e. The molecule has 2 heterocycles. The SMILES string of the molecule is COC(=O)CC1CCCN(C2CCN(C)CC2)C12C1CC[C@@H]12. The van der Waals surface area contributed by atoms with Crippen LogP contribution in [0.25, 0.3) is 0 Å². The first kappa shape index (κ1) is 14.9. The van der Waals surface area contributed by atoms with E-state index in [9.17, 15) is 4.79 Å². The van der Waals surface area contributed by atoms with Crippen molar-refractivity contribution in [3.8, 4) is 0 Å². The van der Waals surface area contributed by atoms with Crippen LogP contribution < -0.4 is 0 Å². The Hall–Kier alpha value is -0.610. The van der Waals surface area contributed by atoms with Gasteiger partial charge < -0.3 is 9.64 Å². The maximum absolute atomic E-state index is 11.9. The second-order valence-corrected chi connectivity index (χ2v) is 8.02. The fourth-order valence-electron chi connectivity index (χ4n) is 6.06. The van der Waals surface area contributed by atoms with E-state index in [1.165, 1.54) is 65.3 Å². The van der Waals surface area contributed by atoms with Crippen LogP contribution in [0, 0.1) is 17.8 Å². The van der Waals surface area contributed by atoms with Gasteiger partial charge in [-0.25, -0.2) is 0 Å². The smallest absolute Gasteiger partial charge is 0.305 e. The van der Waals surface area contributed by atoms with E-state index in [1.807, 2.05) is 0 Å². The molecule has 124 valence electrons. The fourth-order valence-corrected chi connectivity index (χ4v) is 6.06. The average Bonchev–Trinajstić information content (AvgIpc) is 2.96. The normalized spacial score (nSPS) is 42.7. The minimum atomic E-state index is 0.000836. The molecule has 4 atom stereocenters. The van der Waals surface area contributed by atoms with E-state index >= 15 is 0 Å². The molecule has 4 fully saturated rings. The summed E-state index contributed by atoms with van der Waals surface area (Å²) >= 11 is 0. The maximum atomic E-state index is 11.9. The molecule has 4 heteroatoms. The van der Waals surface area contributed by atoms with Gasteiger partial charge in [0.2, 0.25) is 0 Å². The molecule has 2 aliphatic carbocycles. The number of rotatable bonds is 3. The molecule has 0 amide bonds. The maximum Gasteiger partial charge on any atom is 0.305 e. The highest BCUT2D eigenvalue weighted by Gasteiger charge is 2.75. The van der Waals surface area contributed by atoms with Crippen LogP contribution in [0.5, 0.6) is 0 Å². The lowest BCUT2D eigenvalue weighted by Gasteiger charge is -2.49. The summed E-state index contributed by atoms with van der Waals surface area (Å²) in [5.41, 5.74) is 0.382. The zero-order valence-electron chi connectivity index (χ0n) is 14.1. The van der Waals surface area contributed by atoms with Gasteiger partial charge in [0.15, 0.2) is 0 Å². The van der Waals surface area contributed by atoms with Crippen molar-refractivity contribution in [2.24, 2.45) is 17.8 Å². The van der Waals surface area contributed by atoms with Crippen LogP contribution >= 0.6 is 0 Å². The minimum absolute atomic E-state index is 0.000836. The first-order chi connectivity index (χ1) is 10.7. The molecule has 22 heavy (non-hydrogen) atoms. The number of carbonyl (C=O) groups excluding carboxylic acids is 1. The van der Waals surface area contributed by atoms with Gasteiger partial charge in [0.25, 0.3) is 0 Å². The van der Waals surface area contributed by atoms with E-state index in [1.54, 1.807) is 0 Å². The van der Waals surface area contributed by atoms with E-state index in [2.05, 4.69) is 16.8 Å². The molecule has 1 spiro atoms. The Bertz CT molecular complexity index is 434. The lowest BCUT2D eigenvalue weighted by Crippen LogP contribution is -2.56. The van der Waals surface area contributed by atoms with Gasteiger partial charge in [0.05, 0.1) is 13.5 Å². The fraction of sp³-hybridized carbons (Fsp3) is 0.944. The monoisotopic (exact) mass is 306 g/mol. The number of nitrogens with zero attached hydrogens (tertiary/aromatic N) is 2. The predicted molar refractivity (Wildman–Crippen MR) is 85.5 cm³/mol. The molecular formula is C18H30N2O2. The quantitative estimate of drug-likeness (QED) is 0.748. The van der Waals surface area contributed by atoms with Crippen LogP contribution in [0.1, 0.15) is 44.9 Å². The summed E-state index contributed by atoms with van der Waals surface area (Å²) in [4.78, 5) is 17.3. The Balaban J connectivity index is 1.54. The van der Waals surface area contributed by atoms with Crippen LogP contribution in [0.4, 0.5) is 0 Å². The van der Waals surface area contributed by atoms with Crippen molar-refractivity contribution in [1.29, 1.82) is 0 Å². The van der Waals surface area contributed by atoms with E-state index in [0.717, 1.165) is 17.9 Å². The highest BCUT2D eigenvalue weighted by atomic mass is 16.5. The number of ether oxygens (including phenoxy) is 1. The molecule has 4 nitrogen and oxygen atoms in total. The minimum Gasteiger partial charge on any atom is -0.469 e. The Kier molecular flexibility index (Phi) is 3.73. The standard InChI is InChI=1S/C18H30N2O2/c1-19-10-7-14(8-11-19)20-9-3-4-13(12-17(21)22-2)18(20)15-5-6-16(15)18/h13-16H,3-12H2,1-2H3/t13?,15-,16?,18?/m0/s1. The number of carbonyl (C=O) groups is 1. The van der Waals surface area contributed by atoms with Gasteiger partial charge in [-0.15, -0.1) is 0 Å². The summed E-state index contributed by atoms with van der Waals surface area (Å²) in [7, 11) is 3.77. The topological polar surface area (TPSA) is 32.8 Å². The third-order valence-electron chi connectivity index (χ3n) is 7.23. The van der Waals surface area contributed by atoms with Gasteiger partial charge >= 0.3 is 5.97 Å². The summed E-state index contributed by atoms with van der Waals surface area (Å²) in [5, 5.41) is 0. The molecule has 0 radical (unpaired) electrons. The van der Waals surface area contributed by atoms with Crippen molar-refractivity contribution in [2.75, 3.05) is 33.8 Å². The molecule has 4 rings (SSSR count). The lowest BCUT2D eigenvalue weighted by atomic mass is 9.80. The number of hydrogen-bond donors (Lipinski definition) is 0. The van der Waals surface area contributed by atoms with E-state index in [4.69, 9.17) is 4.74 Å². The molecule has 2 saturated carbocycles. The summed E-state index contributed by atoms with van der Waals surface area (Å²) in [6.07, 6.45) is 8.54. The molecule has 0 aromatic carbocycles. The average molecular weight is 306 g/mol. The van der Waals surface area contributed by atoms with E-state index < -0.39 is 0 Å². The second-order valence-electron chi connectivity index (χ2n) is 8.02. The van der Waals surface area contributed by atoms with Gasteiger partial charge in [-0.2, -0.15) is 0 Å². The summed E-state index contributed by atoms with van der Waals surface area (Å²) in [6.45, 7) is 3.72. The van der Waals surface area contributed by atoms with Gasteiger partial charge in [0, 0.05) is 11.6 Å². The molecule has 3 unspecified atom stereocenters. The van der Waals surface area contributed by atoms with Crippen LogP contribution in [0.2, 0.25) is 0 Å². The van der Waals surface area contributed by atoms with E-state index in [0.29, 0.717) is 17.9 Å².